The van der Waals surface area contributed by atoms with E-state index >= 15 is 0 Å². The zero-order valence-corrected chi connectivity index (χ0v) is 9.12. The first kappa shape index (κ1) is 11.6. The van der Waals surface area contributed by atoms with E-state index in [9.17, 15) is 4.79 Å². The predicted octanol–water partition coefficient (Wildman–Crippen LogP) is 2.37. The van der Waals surface area contributed by atoms with Crippen LogP contribution in [0.5, 0.6) is 0 Å². The molecule has 1 aromatic rings. The van der Waals surface area contributed by atoms with Crippen LogP contribution >= 0.6 is 11.8 Å². The first-order valence-electron chi connectivity index (χ1n) is 4.50. The topological polar surface area (TPSA) is 61.1 Å². The summed E-state index contributed by atoms with van der Waals surface area (Å²) < 4.78 is 0. The summed E-state index contributed by atoms with van der Waals surface area (Å²) in [5.74, 6) is -0.729. The Hall–Kier alpha value is -1.47. The standard InChI is InChI=1S/C11H11NO2S/c1-8(11(13)14)7-15-10-5-3-2-4-9(10)6-12/h2-5,8H,7H2,1H3,(H,13,14). The predicted molar refractivity (Wildman–Crippen MR) is 58.7 cm³/mol. The molecule has 0 radical (unpaired) electrons. The Morgan fingerprint density at radius 3 is 2.87 bits per heavy atom. The van der Waals surface area contributed by atoms with E-state index < -0.39 is 11.9 Å². The molecule has 0 aromatic heterocycles. The number of carboxylic acids is 1. The van der Waals surface area contributed by atoms with Crippen LogP contribution in [-0.2, 0) is 4.79 Å². The van der Waals surface area contributed by atoms with Gasteiger partial charge in [-0.1, -0.05) is 19.1 Å². The minimum atomic E-state index is -0.808. The van der Waals surface area contributed by atoms with Gasteiger partial charge in [0.15, 0.2) is 0 Å². The van der Waals surface area contributed by atoms with Crippen molar-refractivity contribution in [2.75, 3.05) is 5.75 Å². The molecule has 0 amide bonds. The van der Waals surface area contributed by atoms with Gasteiger partial charge >= 0.3 is 5.97 Å². The quantitative estimate of drug-likeness (QED) is 0.793. The molecule has 0 heterocycles. The van der Waals surface area contributed by atoms with Crippen LogP contribution < -0.4 is 0 Å². The third-order valence-corrected chi connectivity index (χ3v) is 3.25. The molecule has 4 heteroatoms. The molecule has 1 rings (SSSR count). The van der Waals surface area contributed by atoms with E-state index in [0.29, 0.717) is 11.3 Å². The molecule has 0 aliphatic heterocycles. The fraction of sp³-hybridized carbons (Fsp3) is 0.273. The lowest BCUT2D eigenvalue weighted by atomic mass is 10.2. The van der Waals surface area contributed by atoms with E-state index in [1.165, 1.54) is 11.8 Å². The Kier molecular flexibility index (Phi) is 4.19. The van der Waals surface area contributed by atoms with Gasteiger partial charge in [0.25, 0.3) is 0 Å². The summed E-state index contributed by atoms with van der Waals surface area (Å²) in [6.07, 6.45) is 0. The minimum absolute atomic E-state index is 0.401. The molecular weight excluding hydrogens is 210 g/mol. The van der Waals surface area contributed by atoms with Crippen LogP contribution in [-0.4, -0.2) is 16.8 Å². The molecule has 0 fully saturated rings. The second kappa shape index (κ2) is 5.42. The number of carboxylic acid groups (broad SMARTS) is 1. The van der Waals surface area contributed by atoms with Crippen LogP contribution in [0.4, 0.5) is 0 Å². The maximum absolute atomic E-state index is 10.6. The molecule has 78 valence electrons. The third-order valence-electron chi connectivity index (χ3n) is 1.92. The Bertz CT molecular complexity index is 398. The highest BCUT2D eigenvalue weighted by molar-refractivity contribution is 7.99. The molecule has 1 N–H and O–H groups in total. The highest BCUT2D eigenvalue weighted by Crippen LogP contribution is 2.24. The smallest absolute Gasteiger partial charge is 0.307 e. The van der Waals surface area contributed by atoms with Gasteiger partial charge in [-0.15, -0.1) is 11.8 Å². The number of benzene rings is 1. The molecule has 15 heavy (non-hydrogen) atoms. The maximum Gasteiger partial charge on any atom is 0.307 e. The highest BCUT2D eigenvalue weighted by atomic mass is 32.2. The van der Waals surface area contributed by atoms with Crippen LogP contribution in [0.15, 0.2) is 29.2 Å². The van der Waals surface area contributed by atoms with Crippen molar-refractivity contribution in [2.24, 2.45) is 5.92 Å². The molecular formula is C11H11NO2S. The molecule has 0 saturated carbocycles. The summed E-state index contributed by atoms with van der Waals surface area (Å²) in [5.41, 5.74) is 0.597. The Morgan fingerprint density at radius 1 is 1.60 bits per heavy atom. The number of nitriles is 1. The largest absolute Gasteiger partial charge is 0.481 e. The fourth-order valence-electron chi connectivity index (χ4n) is 0.971. The Labute approximate surface area is 92.7 Å². The van der Waals surface area contributed by atoms with Crippen molar-refractivity contribution in [1.29, 1.82) is 5.26 Å². The molecule has 0 saturated heterocycles. The average molecular weight is 221 g/mol. The number of nitrogens with zero attached hydrogens (tertiary/aromatic N) is 1. The molecule has 1 atom stereocenters. The van der Waals surface area contributed by atoms with Gasteiger partial charge in [0.2, 0.25) is 0 Å². The van der Waals surface area contributed by atoms with Gasteiger partial charge in [-0.05, 0) is 12.1 Å². The van der Waals surface area contributed by atoms with Crippen LogP contribution in [0.25, 0.3) is 0 Å². The van der Waals surface area contributed by atoms with Gasteiger partial charge in [-0.2, -0.15) is 5.26 Å². The fourth-order valence-corrected chi connectivity index (χ4v) is 1.99. The van der Waals surface area contributed by atoms with Crippen molar-refractivity contribution in [3.63, 3.8) is 0 Å². The van der Waals surface area contributed by atoms with Gasteiger partial charge in [0.05, 0.1) is 11.5 Å². The third kappa shape index (κ3) is 3.30. The molecule has 0 aliphatic rings. The van der Waals surface area contributed by atoms with Crippen LogP contribution in [0.2, 0.25) is 0 Å². The highest BCUT2D eigenvalue weighted by Gasteiger charge is 2.12. The summed E-state index contributed by atoms with van der Waals surface area (Å²) in [6.45, 7) is 1.66. The number of hydrogen-bond acceptors (Lipinski definition) is 3. The Morgan fingerprint density at radius 2 is 2.27 bits per heavy atom. The first-order chi connectivity index (χ1) is 7.15. The van der Waals surface area contributed by atoms with Gasteiger partial charge in [-0.3, -0.25) is 4.79 Å². The van der Waals surface area contributed by atoms with Crippen molar-refractivity contribution in [2.45, 2.75) is 11.8 Å². The summed E-state index contributed by atoms with van der Waals surface area (Å²) in [6, 6.07) is 9.28. The van der Waals surface area contributed by atoms with Gasteiger partial charge in [0, 0.05) is 10.6 Å². The van der Waals surface area contributed by atoms with E-state index in [1.807, 2.05) is 12.1 Å². The van der Waals surface area contributed by atoms with E-state index in [2.05, 4.69) is 6.07 Å². The summed E-state index contributed by atoms with van der Waals surface area (Å²) in [7, 11) is 0. The Balaban J connectivity index is 2.66. The lowest BCUT2D eigenvalue weighted by Crippen LogP contribution is -2.11. The molecule has 3 nitrogen and oxygen atoms in total. The van der Waals surface area contributed by atoms with Crippen molar-refractivity contribution in [3.05, 3.63) is 29.8 Å². The number of carbonyl (C=O) groups is 1. The van der Waals surface area contributed by atoms with Crippen LogP contribution in [0, 0.1) is 17.2 Å². The molecule has 0 bridgehead atoms. The summed E-state index contributed by atoms with van der Waals surface area (Å²) in [4.78, 5) is 11.4. The lowest BCUT2D eigenvalue weighted by Gasteiger charge is -2.06. The van der Waals surface area contributed by atoms with Crippen molar-refractivity contribution in [3.8, 4) is 6.07 Å². The van der Waals surface area contributed by atoms with Gasteiger partial charge in [-0.25, -0.2) is 0 Å². The monoisotopic (exact) mass is 221 g/mol. The van der Waals surface area contributed by atoms with Gasteiger partial charge in [0.1, 0.15) is 6.07 Å². The SMILES string of the molecule is CC(CSc1ccccc1C#N)C(=O)O. The van der Waals surface area contributed by atoms with Gasteiger partial charge < -0.3 is 5.11 Å². The average Bonchev–Trinajstić information content (AvgIpc) is 2.26. The van der Waals surface area contributed by atoms with Crippen molar-refractivity contribution in [1.82, 2.24) is 0 Å². The first-order valence-corrected chi connectivity index (χ1v) is 5.48. The summed E-state index contributed by atoms with van der Waals surface area (Å²) in [5, 5.41) is 17.5. The zero-order valence-electron chi connectivity index (χ0n) is 8.30. The summed E-state index contributed by atoms with van der Waals surface area (Å²) >= 11 is 1.40. The minimum Gasteiger partial charge on any atom is -0.481 e. The number of aliphatic carboxylic acids is 1. The van der Waals surface area contributed by atoms with Crippen LogP contribution in [0.1, 0.15) is 12.5 Å². The molecule has 1 unspecified atom stereocenters. The molecule has 0 spiro atoms. The maximum atomic E-state index is 10.6. The van der Waals surface area contributed by atoms with Crippen molar-refractivity contribution < 1.29 is 9.90 Å². The van der Waals surface area contributed by atoms with E-state index in [0.717, 1.165) is 4.90 Å². The normalized spacial score (nSPS) is 11.7. The number of rotatable bonds is 4. The van der Waals surface area contributed by atoms with E-state index in [4.69, 9.17) is 10.4 Å². The second-order valence-corrected chi connectivity index (χ2v) is 4.22. The zero-order chi connectivity index (χ0) is 11.3. The van der Waals surface area contributed by atoms with E-state index in [-0.39, 0.29) is 0 Å². The van der Waals surface area contributed by atoms with Crippen molar-refractivity contribution >= 4 is 17.7 Å². The second-order valence-electron chi connectivity index (χ2n) is 3.16. The number of hydrogen-bond donors (Lipinski definition) is 1. The lowest BCUT2D eigenvalue weighted by molar-refractivity contribution is -0.140. The van der Waals surface area contributed by atoms with Crippen LogP contribution in [0.3, 0.4) is 0 Å². The van der Waals surface area contributed by atoms with E-state index in [1.54, 1.807) is 19.1 Å². The molecule has 1 aromatic carbocycles. The molecule has 0 aliphatic carbocycles. The number of thioether (sulfide) groups is 1.